The van der Waals surface area contributed by atoms with Gasteiger partial charge >= 0.3 is 6.18 Å². The topological polar surface area (TPSA) is 88.1 Å². The summed E-state index contributed by atoms with van der Waals surface area (Å²) >= 11 is 0. The number of piperidine rings is 1. The monoisotopic (exact) mass is 697 g/mol. The van der Waals surface area contributed by atoms with Crippen LogP contribution in [0.4, 0.5) is 24.7 Å². The maximum atomic E-state index is 14.4. The molecule has 262 valence electrons. The molecule has 1 aromatic heterocycles. The Kier molecular flexibility index (Phi) is 10.7. The number of halogens is 3. The van der Waals surface area contributed by atoms with Gasteiger partial charge in [0.05, 0.1) is 31.2 Å². The lowest BCUT2D eigenvalue weighted by atomic mass is 9.82. The van der Waals surface area contributed by atoms with Gasteiger partial charge in [0.1, 0.15) is 23.6 Å². The highest BCUT2D eigenvalue weighted by atomic mass is 32.2. The number of likely N-dealkylation sites (N-methyl/N-ethyl adjacent to an activating group) is 1. The van der Waals surface area contributed by atoms with Crippen molar-refractivity contribution in [1.29, 1.82) is 0 Å². The van der Waals surface area contributed by atoms with Gasteiger partial charge < -0.3 is 19.3 Å². The average molecular weight is 698 g/mol. The Morgan fingerprint density at radius 1 is 1.00 bits per heavy atom. The summed E-state index contributed by atoms with van der Waals surface area (Å²) in [5, 5.41) is 0. The minimum atomic E-state index is -4.39. The molecule has 0 bridgehead atoms. The first-order valence-electron chi connectivity index (χ1n) is 16.0. The maximum absolute atomic E-state index is 14.4. The second kappa shape index (κ2) is 14.6. The fourth-order valence-electron chi connectivity index (χ4n) is 6.50. The Morgan fingerprint density at radius 3 is 2.45 bits per heavy atom. The summed E-state index contributed by atoms with van der Waals surface area (Å²) in [5.41, 5.74) is 1.81. The number of hydrogen-bond acceptors (Lipinski definition) is 8. The van der Waals surface area contributed by atoms with Crippen molar-refractivity contribution in [3.63, 3.8) is 0 Å². The van der Waals surface area contributed by atoms with Crippen LogP contribution in [0.25, 0.3) is 0 Å². The second-order valence-electron chi connectivity index (χ2n) is 12.5. The standard InChI is InChI=1S/C36H42F3N5O4S/c1-26-20-30(43-19-7-16-35(24-43,42(2)3)17-14-27-8-6-9-29(21-27)36(37,38)39)11-13-33(26)49(45,46)44(34-15-18-40-25-41-34)23-28-10-12-31(47-4)22-32(28)48-5/h6,8-13,15,18,20-22,25H,7,14,16-17,19,23-24H2,1-5H3/t35-/m0/s1. The van der Waals surface area contributed by atoms with Crippen LogP contribution in [0.1, 0.15) is 41.5 Å². The van der Waals surface area contributed by atoms with Gasteiger partial charge in [-0.1, -0.05) is 18.2 Å². The molecule has 1 aliphatic rings. The first-order chi connectivity index (χ1) is 23.3. The normalized spacial score (nSPS) is 16.9. The number of nitrogens with zero attached hydrogens (tertiary/aromatic N) is 5. The lowest BCUT2D eigenvalue weighted by molar-refractivity contribution is -0.137. The van der Waals surface area contributed by atoms with E-state index in [1.165, 1.54) is 36.1 Å². The first-order valence-corrected chi connectivity index (χ1v) is 17.4. The summed E-state index contributed by atoms with van der Waals surface area (Å²) < 4.78 is 80.9. The number of anilines is 2. The lowest BCUT2D eigenvalue weighted by Crippen LogP contribution is -2.56. The van der Waals surface area contributed by atoms with Crippen molar-refractivity contribution in [2.45, 2.75) is 55.8 Å². The van der Waals surface area contributed by atoms with E-state index in [9.17, 15) is 21.6 Å². The van der Waals surface area contributed by atoms with Gasteiger partial charge in [-0.25, -0.2) is 22.7 Å². The van der Waals surface area contributed by atoms with Gasteiger partial charge in [-0.2, -0.15) is 13.2 Å². The van der Waals surface area contributed by atoms with Crippen molar-refractivity contribution in [3.05, 3.63) is 102 Å². The highest BCUT2D eigenvalue weighted by molar-refractivity contribution is 7.92. The molecule has 4 aromatic rings. The molecule has 1 atom stereocenters. The van der Waals surface area contributed by atoms with Gasteiger partial charge in [0.15, 0.2) is 0 Å². The smallest absolute Gasteiger partial charge is 0.416 e. The molecule has 0 spiro atoms. The molecule has 3 aromatic carbocycles. The van der Waals surface area contributed by atoms with Crippen LogP contribution < -0.4 is 18.7 Å². The van der Waals surface area contributed by atoms with Crippen LogP contribution in [-0.2, 0) is 29.2 Å². The highest BCUT2D eigenvalue weighted by Crippen LogP contribution is 2.37. The van der Waals surface area contributed by atoms with E-state index in [1.807, 2.05) is 26.2 Å². The van der Waals surface area contributed by atoms with Crippen molar-refractivity contribution in [2.24, 2.45) is 0 Å². The molecular formula is C36H42F3N5O4S. The van der Waals surface area contributed by atoms with Crippen LogP contribution in [0, 0.1) is 6.92 Å². The van der Waals surface area contributed by atoms with E-state index in [1.54, 1.807) is 50.4 Å². The fourth-order valence-corrected chi connectivity index (χ4v) is 8.11. The van der Waals surface area contributed by atoms with E-state index in [-0.39, 0.29) is 22.8 Å². The molecule has 1 saturated heterocycles. The molecule has 9 nitrogen and oxygen atoms in total. The minimum absolute atomic E-state index is 0.0446. The number of methoxy groups -OCH3 is 2. The molecule has 49 heavy (non-hydrogen) atoms. The highest BCUT2D eigenvalue weighted by Gasteiger charge is 2.38. The third-order valence-electron chi connectivity index (χ3n) is 9.36. The predicted molar refractivity (Wildman–Crippen MR) is 184 cm³/mol. The minimum Gasteiger partial charge on any atom is -0.497 e. The number of alkyl halides is 3. The molecule has 0 amide bonds. The summed E-state index contributed by atoms with van der Waals surface area (Å²) in [4.78, 5) is 12.8. The van der Waals surface area contributed by atoms with Crippen molar-refractivity contribution in [1.82, 2.24) is 14.9 Å². The molecular weight excluding hydrogens is 655 g/mol. The summed E-state index contributed by atoms with van der Waals surface area (Å²) in [6.07, 6.45) is 1.36. The predicted octanol–water partition coefficient (Wildman–Crippen LogP) is 6.75. The Bertz CT molecular complexity index is 1860. The Morgan fingerprint density at radius 2 is 1.80 bits per heavy atom. The van der Waals surface area contributed by atoms with Gasteiger partial charge in [0.25, 0.3) is 10.0 Å². The summed E-state index contributed by atoms with van der Waals surface area (Å²) in [6, 6.07) is 17.6. The molecule has 0 N–H and O–H groups in total. The van der Waals surface area contributed by atoms with Gasteiger partial charge in [0, 0.05) is 48.2 Å². The third kappa shape index (κ3) is 7.94. The lowest BCUT2D eigenvalue weighted by Gasteiger charge is -2.48. The zero-order valence-corrected chi connectivity index (χ0v) is 29.2. The Balaban J connectivity index is 1.41. The van der Waals surface area contributed by atoms with Crippen LogP contribution in [0.15, 0.2) is 84.1 Å². The number of rotatable bonds is 12. The molecule has 13 heteroatoms. The molecule has 0 unspecified atom stereocenters. The van der Waals surface area contributed by atoms with Crippen molar-refractivity contribution in [3.8, 4) is 11.5 Å². The van der Waals surface area contributed by atoms with Crippen molar-refractivity contribution < 1.29 is 31.1 Å². The molecule has 2 heterocycles. The number of sulfonamides is 1. The second-order valence-corrected chi connectivity index (χ2v) is 14.4. The quantitative estimate of drug-likeness (QED) is 0.161. The molecule has 1 aliphatic heterocycles. The first kappa shape index (κ1) is 35.9. The molecule has 0 aliphatic carbocycles. The van der Waals surface area contributed by atoms with E-state index >= 15 is 0 Å². The van der Waals surface area contributed by atoms with Crippen LogP contribution in [0.5, 0.6) is 11.5 Å². The van der Waals surface area contributed by atoms with Gasteiger partial charge in [0.2, 0.25) is 0 Å². The number of ether oxygens (including phenoxy) is 2. The van der Waals surface area contributed by atoms with Crippen LogP contribution in [0.3, 0.4) is 0 Å². The average Bonchev–Trinajstić information content (AvgIpc) is 3.09. The zero-order valence-electron chi connectivity index (χ0n) is 28.4. The van der Waals surface area contributed by atoms with Crippen LogP contribution in [0.2, 0.25) is 0 Å². The number of hydrogen-bond donors (Lipinski definition) is 0. The summed E-state index contributed by atoms with van der Waals surface area (Å²) in [7, 11) is 2.97. The maximum Gasteiger partial charge on any atom is 0.416 e. The van der Waals surface area contributed by atoms with E-state index in [2.05, 4.69) is 19.8 Å². The van der Waals surface area contributed by atoms with E-state index < -0.39 is 21.8 Å². The largest absolute Gasteiger partial charge is 0.497 e. The number of aryl methyl sites for hydroxylation is 2. The fraction of sp³-hybridized carbons (Fsp3) is 0.389. The third-order valence-corrected chi connectivity index (χ3v) is 11.3. The summed E-state index contributed by atoms with van der Waals surface area (Å²) in [5.74, 6) is 1.27. The van der Waals surface area contributed by atoms with Gasteiger partial charge in [-0.15, -0.1) is 0 Å². The van der Waals surface area contributed by atoms with Crippen LogP contribution in [-0.4, -0.2) is 70.2 Å². The van der Waals surface area contributed by atoms with Crippen molar-refractivity contribution >= 4 is 21.5 Å². The van der Waals surface area contributed by atoms with E-state index in [4.69, 9.17) is 9.47 Å². The molecule has 0 saturated carbocycles. The van der Waals surface area contributed by atoms with Crippen LogP contribution >= 0.6 is 0 Å². The molecule has 1 fully saturated rings. The Hall–Kier alpha value is -4.36. The Labute approximate surface area is 286 Å². The summed E-state index contributed by atoms with van der Waals surface area (Å²) in [6.45, 7) is 3.15. The SMILES string of the molecule is COc1ccc(CN(c2ccncn2)S(=O)(=O)c2ccc(N3CCC[C@@](CCc4cccc(C(F)(F)F)c4)(N(C)C)C3)cc2C)c(OC)c1. The molecule has 5 rings (SSSR count). The zero-order chi connectivity index (χ0) is 35.4. The molecule has 0 radical (unpaired) electrons. The van der Waals surface area contributed by atoms with E-state index in [0.29, 0.717) is 47.6 Å². The van der Waals surface area contributed by atoms with Gasteiger partial charge in [-0.05, 0) is 94.2 Å². The van der Waals surface area contributed by atoms with Gasteiger partial charge in [-0.3, -0.25) is 0 Å². The van der Waals surface area contributed by atoms with E-state index in [0.717, 1.165) is 31.1 Å². The van der Waals surface area contributed by atoms with Crippen molar-refractivity contribution in [2.75, 3.05) is 50.6 Å². The number of aromatic nitrogens is 2. The number of benzene rings is 3.